The highest BCUT2D eigenvalue weighted by Crippen LogP contribution is 2.36. The number of phenolic OH excluding ortho intramolecular Hbond substituents is 1. The van der Waals surface area contributed by atoms with Gasteiger partial charge in [0, 0.05) is 10.1 Å². The molecule has 0 aliphatic heterocycles. The molecule has 1 aromatic carbocycles. The number of aromatic carboxylic acids is 1. The number of rotatable bonds is 1. The second-order valence-corrected chi connectivity index (χ2v) is 4.16. The molecule has 0 aliphatic rings. The second kappa shape index (κ2) is 3.15. The van der Waals surface area contributed by atoms with Gasteiger partial charge >= 0.3 is 5.97 Å². The molecule has 0 spiro atoms. The van der Waals surface area contributed by atoms with Crippen molar-refractivity contribution in [1.29, 1.82) is 0 Å². The number of carboxylic acid groups (broad SMARTS) is 1. The van der Waals surface area contributed by atoms with Gasteiger partial charge in [0.25, 0.3) is 0 Å². The van der Waals surface area contributed by atoms with Crippen LogP contribution in [0.3, 0.4) is 0 Å². The van der Waals surface area contributed by atoms with Gasteiger partial charge in [0.2, 0.25) is 0 Å². The van der Waals surface area contributed by atoms with Gasteiger partial charge in [0.05, 0.1) is 5.02 Å². The Kier molecular flexibility index (Phi) is 2.09. The first-order valence-electron chi connectivity index (χ1n) is 3.74. The van der Waals surface area contributed by atoms with Crippen molar-refractivity contribution < 1.29 is 15.0 Å². The summed E-state index contributed by atoms with van der Waals surface area (Å²) in [4.78, 5) is 10.8. The smallest absolute Gasteiger partial charge is 0.347 e. The summed E-state index contributed by atoms with van der Waals surface area (Å²) in [5.41, 5.74) is 0. The summed E-state index contributed by atoms with van der Waals surface area (Å²) in [7, 11) is 0. The van der Waals surface area contributed by atoms with E-state index >= 15 is 0 Å². The Morgan fingerprint density at radius 3 is 2.79 bits per heavy atom. The summed E-state index contributed by atoms with van der Waals surface area (Å²) in [6.45, 7) is 0. The molecule has 14 heavy (non-hydrogen) atoms. The number of phenols is 1. The second-order valence-electron chi connectivity index (χ2n) is 2.73. The predicted molar refractivity (Wildman–Crippen MR) is 55.5 cm³/mol. The van der Waals surface area contributed by atoms with Crippen molar-refractivity contribution in [2.75, 3.05) is 0 Å². The number of hydrogen-bond acceptors (Lipinski definition) is 3. The zero-order valence-electron chi connectivity index (χ0n) is 6.82. The summed E-state index contributed by atoms with van der Waals surface area (Å²) in [6.07, 6.45) is 0. The Hall–Kier alpha value is -1.26. The summed E-state index contributed by atoms with van der Waals surface area (Å²) in [5.74, 6) is -0.968. The molecule has 0 saturated carbocycles. The van der Waals surface area contributed by atoms with Gasteiger partial charge in [-0.1, -0.05) is 11.6 Å². The van der Waals surface area contributed by atoms with Gasteiger partial charge in [0.1, 0.15) is 10.6 Å². The van der Waals surface area contributed by atoms with E-state index in [2.05, 4.69) is 0 Å². The van der Waals surface area contributed by atoms with Crippen LogP contribution in [-0.2, 0) is 0 Å². The molecule has 0 fully saturated rings. The molecule has 0 saturated heterocycles. The molecule has 0 radical (unpaired) electrons. The van der Waals surface area contributed by atoms with Crippen LogP contribution in [0.15, 0.2) is 18.2 Å². The number of fused-ring (bicyclic) bond motifs is 1. The van der Waals surface area contributed by atoms with E-state index in [1.165, 1.54) is 12.1 Å². The van der Waals surface area contributed by atoms with Gasteiger partial charge in [-0.2, -0.15) is 0 Å². The fourth-order valence-electron chi connectivity index (χ4n) is 1.19. The molecule has 3 nitrogen and oxygen atoms in total. The third-order valence-electron chi connectivity index (χ3n) is 1.81. The van der Waals surface area contributed by atoms with E-state index in [0.29, 0.717) is 5.39 Å². The summed E-state index contributed by atoms with van der Waals surface area (Å²) >= 11 is 6.94. The number of thiophene rings is 1. The maximum absolute atomic E-state index is 10.7. The average molecular weight is 229 g/mol. The minimum absolute atomic E-state index is 0.0779. The first kappa shape index (κ1) is 9.30. The van der Waals surface area contributed by atoms with Crippen molar-refractivity contribution in [3.05, 3.63) is 28.1 Å². The van der Waals surface area contributed by atoms with Crippen LogP contribution in [0.25, 0.3) is 10.1 Å². The topological polar surface area (TPSA) is 57.5 Å². The van der Waals surface area contributed by atoms with E-state index in [1.807, 2.05) is 0 Å². The number of benzene rings is 1. The zero-order chi connectivity index (χ0) is 10.3. The largest absolute Gasteiger partial charge is 0.508 e. The summed E-state index contributed by atoms with van der Waals surface area (Å²) in [6, 6.07) is 4.61. The van der Waals surface area contributed by atoms with Gasteiger partial charge in [-0.05, 0) is 18.2 Å². The number of aromatic hydroxyl groups is 1. The molecule has 0 aliphatic carbocycles. The highest BCUT2D eigenvalue weighted by atomic mass is 35.5. The third-order valence-corrected chi connectivity index (χ3v) is 3.47. The first-order valence-corrected chi connectivity index (χ1v) is 4.93. The van der Waals surface area contributed by atoms with Crippen LogP contribution in [-0.4, -0.2) is 16.2 Å². The molecule has 2 N–H and O–H groups in total. The van der Waals surface area contributed by atoms with Crippen molar-refractivity contribution >= 4 is 39.0 Å². The standard InChI is InChI=1S/C9H5ClO3S/c10-7-5-3-4(11)1-2-6(5)14-8(7)9(12)13/h1-3,11H,(H,12,13). The molecule has 0 amide bonds. The monoisotopic (exact) mass is 228 g/mol. The van der Waals surface area contributed by atoms with Crippen LogP contribution in [0.5, 0.6) is 5.75 Å². The Labute approximate surface area is 88.2 Å². The number of carboxylic acids is 1. The minimum Gasteiger partial charge on any atom is -0.508 e. The SMILES string of the molecule is O=C(O)c1sc2ccc(O)cc2c1Cl. The Bertz CT molecular complexity index is 518. The highest BCUT2D eigenvalue weighted by Gasteiger charge is 2.15. The van der Waals surface area contributed by atoms with Gasteiger partial charge in [-0.3, -0.25) is 0 Å². The van der Waals surface area contributed by atoms with E-state index in [4.69, 9.17) is 16.7 Å². The fraction of sp³-hybridized carbons (Fsp3) is 0. The summed E-state index contributed by atoms with van der Waals surface area (Å²) < 4.78 is 0.755. The first-order chi connectivity index (χ1) is 6.59. The van der Waals surface area contributed by atoms with E-state index in [1.54, 1.807) is 6.07 Å². The quantitative estimate of drug-likeness (QED) is 0.789. The van der Waals surface area contributed by atoms with Crippen LogP contribution in [0.2, 0.25) is 5.02 Å². The molecule has 72 valence electrons. The van der Waals surface area contributed by atoms with Crippen molar-refractivity contribution in [2.45, 2.75) is 0 Å². The minimum atomic E-state index is -1.05. The van der Waals surface area contributed by atoms with E-state index in [-0.39, 0.29) is 15.6 Å². The molecule has 1 heterocycles. The molecule has 2 rings (SSSR count). The Morgan fingerprint density at radius 2 is 2.14 bits per heavy atom. The molecular formula is C9H5ClO3S. The van der Waals surface area contributed by atoms with E-state index < -0.39 is 5.97 Å². The van der Waals surface area contributed by atoms with Gasteiger partial charge in [0.15, 0.2) is 0 Å². The van der Waals surface area contributed by atoms with Gasteiger partial charge in [-0.25, -0.2) is 4.79 Å². The molecule has 5 heteroatoms. The van der Waals surface area contributed by atoms with Crippen molar-refractivity contribution in [3.8, 4) is 5.75 Å². The lowest BCUT2D eigenvalue weighted by molar-refractivity contribution is 0.0702. The highest BCUT2D eigenvalue weighted by molar-refractivity contribution is 7.21. The molecule has 0 unspecified atom stereocenters. The van der Waals surface area contributed by atoms with Crippen molar-refractivity contribution in [2.24, 2.45) is 0 Å². The maximum Gasteiger partial charge on any atom is 0.347 e. The van der Waals surface area contributed by atoms with Crippen LogP contribution in [0.1, 0.15) is 9.67 Å². The van der Waals surface area contributed by atoms with Crippen molar-refractivity contribution in [3.63, 3.8) is 0 Å². The number of hydrogen-bond donors (Lipinski definition) is 2. The normalized spacial score (nSPS) is 10.6. The maximum atomic E-state index is 10.7. The molecule has 0 bridgehead atoms. The third kappa shape index (κ3) is 1.32. The predicted octanol–water partition coefficient (Wildman–Crippen LogP) is 2.96. The molecule has 1 aromatic heterocycles. The summed E-state index contributed by atoms with van der Waals surface area (Å²) in [5, 5.41) is 18.8. The van der Waals surface area contributed by atoms with E-state index in [9.17, 15) is 9.90 Å². The van der Waals surface area contributed by atoms with Crippen molar-refractivity contribution in [1.82, 2.24) is 0 Å². The fourth-order valence-corrected chi connectivity index (χ4v) is 2.52. The van der Waals surface area contributed by atoms with E-state index in [0.717, 1.165) is 16.0 Å². The van der Waals surface area contributed by atoms with Gasteiger partial charge < -0.3 is 10.2 Å². The van der Waals surface area contributed by atoms with Crippen LogP contribution in [0, 0.1) is 0 Å². The molecular weight excluding hydrogens is 224 g/mol. The molecule has 2 aromatic rings. The van der Waals surface area contributed by atoms with Crippen LogP contribution in [0.4, 0.5) is 0 Å². The number of carbonyl (C=O) groups is 1. The average Bonchev–Trinajstić information content (AvgIpc) is 2.44. The van der Waals surface area contributed by atoms with Crippen LogP contribution >= 0.6 is 22.9 Å². The lowest BCUT2D eigenvalue weighted by Gasteiger charge is -1.91. The lowest BCUT2D eigenvalue weighted by atomic mass is 10.2. The van der Waals surface area contributed by atoms with Gasteiger partial charge in [-0.15, -0.1) is 11.3 Å². The Morgan fingerprint density at radius 1 is 1.43 bits per heavy atom. The number of halogens is 1. The molecule has 0 atom stereocenters. The Balaban J connectivity index is 2.80. The lowest BCUT2D eigenvalue weighted by Crippen LogP contribution is -1.91. The zero-order valence-corrected chi connectivity index (χ0v) is 8.39. The van der Waals surface area contributed by atoms with Crippen LogP contribution < -0.4 is 0 Å².